The van der Waals surface area contributed by atoms with E-state index in [1.165, 1.54) is 12.6 Å². The third-order valence-corrected chi connectivity index (χ3v) is 3.22. The van der Waals surface area contributed by atoms with Crippen molar-refractivity contribution in [3.05, 3.63) is 60.1 Å². The fourth-order valence-corrected chi connectivity index (χ4v) is 2.10. The molecular weight excluding hydrogens is 278 g/mol. The standard InChI is InChI=1S/C16H13N5O/c17-8-12-15(14-6-3-7-22-14)20-10-21-16(12)19-9-11-4-1-2-5-13(11)18/h1-7,10H,9,18H2,(H,19,20,21). The summed E-state index contributed by atoms with van der Waals surface area (Å²) in [4.78, 5) is 8.27. The van der Waals surface area contributed by atoms with E-state index in [0.29, 0.717) is 35.1 Å². The smallest absolute Gasteiger partial charge is 0.153 e. The molecule has 22 heavy (non-hydrogen) atoms. The molecule has 3 rings (SSSR count). The largest absolute Gasteiger partial charge is 0.463 e. The fraction of sp³-hybridized carbons (Fsp3) is 0.0625. The number of nitrogens with one attached hydrogen (secondary N) is 1. The number of nitrogens with zero attached hydrogens (tertiary/aromatic N) is 3. The predicted octanol–water partition coefficient (Wildman–Crippen LogP) is 2.80. The molecule has 0 fully saturated rings. The maximum atomic E-state index is 9.41. The quantitative estimate of drug-likeness (QED) is 0.717. The van der Waals surface area contributed by atoms with Gasteiger partial charge < -0.3 is 15.5 Å². The maximum absolute atomic E-state index is 9.41. The fourth-order valence-electron chi connectivity index (χ4n) is 2.10. The number of furan rings is 1. The van der Waals surface area contributed by atoms with Crippen LogP contribution < -0.4 is 11.1 Å². The summed E-state index contributed by atoms with van der Waals surface area (Å²) in [7, 11) is 0. The average molecular weight is 291 g/mol. The molecule has 0 radical (unpaired) electrons. The Kier molecular flexibility index (Phi) is 3.70. The minimum Gasteiger partial charge on any atom is -0.463 e. The van der Waals surface area contributed by atoms with Crippen molar-refractivity contribution in [1.29, 1.82) is 5.26 Å². The van der Waals surface area contributed by atoms with Crippen LogP contribution in [0.3, 0.4) is 0 Å². The molecule has 3 aromatic rings. The van der Waals surface area contributed by atoms with Crippen LogP contribution in [0.25, 0.3) is 11.5 Å². The number of hydrogen-bond acceptors (Lipinski definition) is 6. The summed E-state index contributed by atoms with van der Waals surface area (Å²) in [6.07, 6.45) is 2.94. The first-order chi connectivity index (χ1) is 10.8. The minimum atomic E-state index is 0.340. The lowest BCUT2D eigenvalue weighted by Crippen LogP contribution is -2.07. The van der Waals surface area contributed by atoms with Crippen LogP contribution in [0.15, 0.2) is 53.4 Å². The molecule has 6 nitrogen and oxygen atoms in total. The molecule has 0 unspecified atom stereocenters. The highest BCUT2D eigenvalue weighted by molar-refractivity contribution is 5.69. The molecule has 108 valence electrons. The van der Waals surface area contributed by atoms with E-state index in [2.05, 4.69) is 21.4 Å². The van der Waals surface area contributed by atoms with E-state index in [0.717, 1.165) is 5.56 Å². The van der Waals surface area contributed by atoms with Gasteiger partial charge in [0, 0.05) is 12.2 Å². The van der Waals surface area contributed by atoms with E-state index in [1.807, 2.05) is 24.3 Å². The molecule has 0 saturated carbocycles. The molecule has 0 bridgehead atoms. The number of aromatic nitrogens is 2. The van der Waals surface area contributed by atoms with Gasteiger partial charge in [-0.25, -0.2) is 9.97 Å². The van der Waals surface area contributed by atoms with Gasteiger partial charge in [-0.2, -0.15) is 5.26 Å². The Morgan fingerprint density at radius 2 is 2.05 bits per heavy atom. The van der Waals surface area contributed by atoms with Crippen LogP contribution in [-0.2, 0) is 6.54 Å². The number of benzene rings is 1. The summed E-state index contributed by atoms with van der Waals surface area (Å²) >= 11 is 0. The van der Waals surface area contributed by atoms with Crippen molar-refractivity contribution in [2.24, 2.45) is 0 Å². The molecule has 3 N–H and O–H groups in total. The van der Waals surface area contributed by atoms with Crippen molar-refractivity contribution < 1.29 is 4.42 Å². The number of nitriles is 1. The van der Waals surface area contributed by atoms with E-state index < -0.39 is 0 Å². The molecular formula is C16H13N5O. The van der Waals surface area contributed by atoms with Gasteiger partial charge in [0.15, 0.2) is 5.76 Å². The summed E-state index contributed by atoms with van der Waals surface area (Å²) in [5.74, 6) is 0.980. The molecule has 2 aromatic heterocycles. The molecule has 0 aliphatic rings. The molecule has 1 aromatic carbocycles. The SMILES string of the molecule is N#Cc1c(NCc2ccccc2N)ncnc1-c1ccco1. The van der Waals surface area contributed by atoms with Gasteiger partial charge in [0.05, 0.1) is 6.26 Å². The molecule has 0 saturated heterocycles. The first kappa shape index (κ1) is 13.6. The molecule has 0 amide bonds. The van der Waals surface area contributed by atoms with Gasteiger partial charge in [0.2, 0.25) is 0 Å². The van der Waals surface area contributed by atoms with Gasteiger partial charge in [-0.3, -0.25) is 0 Å². The number of nitrogen functional groups attached to an aromatic ring is 1. The molecule has 0 aliphatic heterocycles. The lowest BCUT2D eigenvalue weighted by atomic mass is 10.1. The normalized spacial score (nSPS) is 10.1. The van der Waals surface area contributed by atoms with Crippen molar-refractivity contribution in [2.75, 3.05) is 11.1 Å². The predicted molar refractivity (Wildman–Crippen MR) is 82.6 cm³/mol. The van der Waals surface area contributed by atoms with Crippen molar-refractivity contribution in [2.45, 2.75) is 6.54 Å². The van der Waals surface area contributed by atoms with Crippen LogP contribution >= 0.6 is 0 Å². The van der Waals surface area contributed by atoms with Crippen molar-refractivity contribution in [3.8, 4) is 17.5 Å². The van der Waals surface area contributed by atoms with Gasteiger partial charge in [-0.15, -0.1) is 0 Å². The summed E-state index contributed by atoms with van der Waals surface area (Å²) < 4.78 is 5.31. The maximum Gasteiger partial charge on any atom is 0.153 e. The number of hydrogen-bond donors (Lipinski definition) is 2. The monoisotopic (exact) mass is 291 g/mol. The van der Waals surface area contributed by atoms with Crippen LogP contribution in [0.1, 0.15) is 11.1 Å². The van der Waals surface area contributed by atoms with E-state index in [-0.39, 0.29) is 0 Å². The number of anilines is 2. The summed E-state index contributed by atoms with van der Waals surface area (Å²) in [6, 6.07) is 13.2. The lowest BCUT2D eigenvalue weighted by molar-refractivity contribution is 0.579. The Labute approximate surface area is 127 Å². The zero-order valence-corrected chi connectivity index (χ0v) is 11.7. The van der Waals surface area contributed by atoms with Gasteiger partial charge in [-0.05, 0) is 23.8 Å². The molecule has 0 spiro atoms. The van der Waals surface area contributed by atoms with E-state index in [9.17, 15) is 5.26 Å². The Balaban J connectivity index is 1.90. The van der Waals surface area contributed by atoms with Crippen LogP contribution in [0.5, 0.6) is 0 Å². The highest BCUT2D eigenvalue weighted by Crippen LogP contribution is 2.25. The van der Waals surface area contributed by atoms with Crippen LogP contribution in [-0.4, -0.2) is 9.97 Å². The third-order valence-electron chi connectivity index (χ3n) is 3.22. The van der Waals surface area contributed by atoms with Crippen LogP contribution in [0.4, 0.5) is 11.5 Å². The summed E-state index contributed by atoms with van der Waals surface area (Å²) in [5.41, 5.74) is 8.34. The van der Waals surface area contributed by atoms with Crippen molar-refractivity contribution in [1.82, 2.24) is 9.97 Å². The minimum absolute atomic E-state index is 0.340. The molecule has 0 aliphatic carbocycles. The zero-order valence-electron chi connectivity index (χ0n) is 11.7. The number of para-hydroxylation sites is 1. The summed E-state index contributed by atoms with van der Waals surface area (Å²) in [6.45, 7) is 0.468. The van der Waals surface area contributed by atoms with E-state index >= 15 is 0 Å². The second-order valence-electron chi connectivity index (χ2n) is 4.59. The topological polar surface area (TPSA) is 101 Å². The van der Waals surface area contributed by atoms with Gasteiger partial charge in [0.1, 0.15) is 29.5 Å². The third kappa shape index (κ3) is 2.60. The van der Waals surface area contributed by atoms with Crippen molar-refractivity contribution in [3.63, 3.8) is 0 Å². The van der Waals surface area contributed by atoms with Gasteiger partial charge >= 0.3 is 0 Å². The second kappa shape index (κ2) is 5.97. The summed E-state index contributed by atoms with van der Waals surface area (Å²) in [5, 5.41) is 12.5. The van der Waals surface area contributed by atoms with Crippen LogP contribution in [0.2, 0.25) is 0 Å². The van der Waals surface area contributed by atoms with Gasteiger partial charge in [-0.1, -0.05) is 18.2 Å². The van der Waals surface area contributed by atoms with E-state index in [4.69, 9.17) is 10.2 Å². The van der Waals surface area contributed by atoms with Crippen molar-refractivity contribution >= 4 is 11.5 Å². The Morgan fingerprint density at radius 3 is 2.77 bits per heavy atom. The molecule has 2 heterocycles. The Hall–Kier alpha value is -3.33. The van der Waals surface area contributed by atoms with Crippen LogP contribution in [0, 0.1) is 11.3 Å². The number of rotatable bonds is 4. The average Bonchev–Trinajstić information content (AvgIpc) is 3.08. The van der Waals surface area contributed by atoms with Gasteiger partial charge in [0.25, 0.3) is 0 Å². The second-order valence-corrected chi connectivity index (χ2v) is 4.59. The molecule has 6 heteroatoms. The highest BCUT2D eigenvalue weighted by Gasteiger charge is 2.14. The highest BCUT2D eigenvalue weighted by atomic mass is 16.3. The zero-order chi connectivity index (χ0) is 15.4. The first-order valence-electron chi connectivity index (χ1n) is 6.66. The van der Waals surface area contributed by atoms with E-state index in [1.54, 1.807) is 12.1 Å². The Bertz CT molecular complexity index is 821. The first-order valence-corrected chi connectivity index (χ1v) is 6.66. The molecule has 0 atom stereocenters. The number of nitrogens with two attached hydrogens (primary N) is 1. The Morgan fingerprint density at radius 1 is 1.18 bits per heavy atom. The lowest BCUT2D eigenvalue weighted by Gasteiger charge is -2.10.